The maximum Gasteiger partial charge on any atom is 0.191 e. The fourth-order valence-corrected chi connectivity index (χ4v) is 2.38. The molecule has 6 heteroatoms. The molecule has 1 aromatic carbocycles. The summed E-state index contributed by atoms with van der Waals surface area (Å²) in [4.78, 5) is 0. The van der Waals surface area contributed by atoms with Crippen LogP contribution in [0.5, 0.6) is 5.75 Å². The van der Waals surface area contributed by atoms with Gasteiger partial charge in [-0.1, -0.05) is 29.5 Å². The van der Waals surface area contributed by atoms with Crippen LogP contribution in [0.3, 0.4) is 0 Å². The van der Waals surface area contributed by atoms with Gasteiger partial charge in [-0.25, -0.2) is 0 Å². The fraction of sp³-hybridized carbons (Fsp3) is 0.429. The molecule has 0 atom stereocenters. The largest absolute Gasteiger partial charge is 0.493 e. The van der Waals surface area contributed by atoms with E-state index in [2.05, 4.69) is 17.1 Å². The second-order valence-corrected chi connectivity index (χ2v) is 5.37. The Morgan fingerprint density at radius 2 is 2.00 bits per heavy atom. The first kappa shape index (κ1) is 14.9. The van der Waals surface area contributed by atoms with E-state index in [1.165, 1.54) is 5.56 Å². The van der Waals surface area contributed by atoms with Gasteiger partial charge in [0.15, 0.2) is 5.16 Å². The Balaban J connectivity index is 1.73. The van der Waals surface area contributed by atoms with E-state index >= 15 is 0 Å². The number of rotatable bonds is 8. The van der Waals surface area contributed by atoms with Crippen molar-refractivity contribution < 1.29 is 9.47 Å². The van der Waals surface area contributed by atoms with Gasteiger partial charge in [-0.15, -0.1) is 10.2 Å². The number of methoxy groups -OCH3 is 1. The van der Waals surface area contributed by atoms with Gasteiger partial charge in [0, 0.05) is 19.4 Å². The van der Waals surface area contributed by atoms with Crippen LogP contribution in [-0.2, 0) is 11.3 Å². The second-order valence-electron chi connectivity index (χ2n) is 4.31. The molecule has 5 nitrogen and oxygen atoms in total. The van der Waals surface area contributed by atoms with Crippen LogP contribution in [0, 0.1) is 6.92 Å². The third-order valence-electron chi connectivity index (χ3n) is 2.72. The number of benzene rings is 1. The topological polar surface area (TPSA) is 49.2 Å². The first-order valence-corrected chi connectivity index (χ1v) is 7.47. The lowest BCUT2D eigenvalue weighted by Crippen LogP contribution is -2.06. The van der Waals surface area contributed by atoms with Gasteiger partial charge in [-0.05, 0) is 19.1 Å². The summed E-state index contributed by atoms with van der Waals surface area (Å²) in [5.74, 6) is 1.73. The third-order valence-corrected chi connectivity index (χ3v) is 3.67. The van der Waals surface area contributed by atoms with Gasteiger partial charge in [-0.3, -0.25) is 0 Å². The van der Waals surface area contributed by atoms with E-state index < -0.39 is 0 Å². The van der Waals surface area contributed by atoms with Crippen molar-refractivity contribution in [1.29, 1.82) is 0 Å². The second kappa shape index (κ2) is 7.91. The van der Waals surface area contributed by atoms with Crippen LogP contribution < -0.4 is 4.74 Å². The summed E-state index contributed by atoms with van der Waals surface area (Å²) in [6.45, 7) is 4.13. The molecule has 108 valence electrons. The molecule has 1 heterocycles. The van der Waals surface area contributed by atoms with Crippen molar-refractivity contribution in [3.05, 3.63) is 36.2 Å². The van der Waals surface area contributed by atoms with Crippen molar-refractivity contribution in [2.45, 2.75) is 18.6 Å². The number of thioether (sulfide) groups is 1. The Morgan fingerprint density at radius 3 is 2.75 bits per heavy atom. The molecule has 0 unspecified atom stereocenters. The van der Waals surface area contributed by atoms with Crippen LogP contribution >= 0.6 is 11.8 Å². The van der Waals surface area contributed by atoms with Crippen molar-refractivity contribution in [3.63, 3.8) is 0 Å². The van der Waals surface area contributed by atoms with Crippen molar-refractivity contribution in [2.24, 2.45) is 0 Å². The molecule has 0 amide bonds. The molecule has 0 radical (unpaired) electrons. The van der Waals surface area contributed by atoms with Gasteiger partial charge in [0.2, 0.25) is 0 Å². The summed E-state index contributed by atoms with van der Waals surface area (Å²) in [5, 5.41) is 8.91. The van der Waals surface area contributed by atoms with Crippen molar-refractivity contribution in [3.8, 4) is 5.75 Å². The van der Waals surface area contributed by atoms with E-state index in [9.17, 15) is 0 Å². The highest BCUT2D eigenvalue weighted by molar-refractivity contribution is 7.99. The zero-order valence-corrected chi connectivity index (χ0v) is 12.6. The predicted molar refractivity (Wildman–Crippen MR) is 79.3 cm³/mol. The van der Waals surface area contributed by atoms with E-state index in [1.54, 1.807) is 25.2 Å². The molecule has 20 heavy (non-hydrogen) atoms. The standard InChI is InChI=1S/C14H19N3O2S/c1-12-3-5-13(6-4-12)19-9-10-20-14-16-15-11-17(14)7-8-18-2/h3-6,11H,7-10H2,1-2H3. The summed E-state index contributed by atoms with van der Waals surface area (Å²) in [7, 11) is 1.69. The minimum Gasteiger partial charge on any atom is -0.493 e. The highest BCUT2D eigenvalue weighted by atomic mass is 32.2. The first-order valence-electron chi connectivity index (χ1n) is 6.48. The average molecular weight is 293 g/mol. The molecular formula is C14H19N3O2S. The van der Waals surface area contributed by atoms with Gasteiger partial charge in [0.1, 0.15) is 12.1 Å². The van der Waals surface area contributed by atoms with Crippen LogP contribution in [0.1, 0.15) is 5.56 Å². The van der Waals surface area contributed by atoms with Gasteiger partial charge >= 0.3 is 0 Å². The van der Waals surface area contributed by atoms with Crippen LogP contribution in [-0.4, -0.2) is 40.8 Å². The quantitative estimate of drug-likeness (QED) is 0.552. The first-order chi connectivity index (χ1) is 9.79. The highest BCUT2D eigenvalue weighted by Crippen LogP contribution is 2.16. The van der Waals surface area contributed by atoms with Gasteiger partial charge in [0.05, 0.1) is 13.2 Å². The molecule has 0 aliphatic carbocycles. The number of nitrogens with zero attached hydrogens (tertiary/aromatic N) is 3. The zero-order valence-electron chi connectivity index (χ0n) is 11.8. The lowest BCUT2D eigenvalue weighted by molar-refractivity contribution is 0.184. The summed E-state index contributed by atoms with van der Waals surface area (Å²) in [6.07, 6.45) is 1.72. The lowest BCUT2D eigenvalue weighted by Gasteiger charge is -2.07. The SMILES string of the molecule is COCCn1cnnc1SCCOc1ccc(C)cc1. The third kappa shape index (κ3) is 4.54. The van der Waals surface area contributed by atoms with Crippen molar-refractivity contribution >= 4 is 11.8 Å². The monoisotopic (exact) mass is 293 g/mol. The predicted octanol–water partition coefficient (Wildman–Crippen LogP) is 2.40. The summed E-state index contributed by atoms with van der Waals surface area (Å²) in [5.41, 5.74) is 1.23. The molecule has 1 aromatic heterocycles. The molecule has 0 saturated heterocycles. The molecule has 0 saturated carbocycles. The molecule has 0 spiro atoms. The maximum atomic E-state index is 5.68. The molecule has 0 bridgehead atoms. The Labute approximate surface area is 123 Å². The number of aryl methyl sites for hydroxylation is 1. The van der Waals surface area contributed by atoms with Crippen LogP contribution in [0.15, 0.2) is 35.7 Å². The number of aromatic nitrogens is 3. The van der Waals surface area contributed by atoms with E-state index in [1.807, 2.05) is 28.8 Å². The van der Waals surface area contributed by atoms with Crippen LogP contribution in [0.2, 0.25) is 0 Å². The number of ether oxygens (including phenoxy) is 2. The fourth-order valence-electron chi connectivity index (χ4n) is 1.63. The lowest BCUT2D eigenvalue weighted by atomic mass is 10.2. The molecule has 0 N–H and O–H groups in total. The van der Waals surface area contributed by atoms with E-state index in [4.69, 9.17) is 9.47 Å². The summed E-state index contributed by atoms with van der Waals surface area (Å²) < 4.78 is 12.7. The van der Waals surface area contributed by atoms with Crippen molar-refractivity contribution in [1.82, 2.24) is 14.8 Å². The van der Waals surface area contributed by atoms with Gasteiger partial charge < -0.3 is 14.0 Å². The molecular weight excluding hydrogens is 274 g/mol. The highest BCUT2D eigenvalue weighted by Gasteiger charge is 2.04. The van der Waals surface area contributed by atoms with E-state index in [-0.39, 0.29) is 0 Å². The number of hydrogen-bond acceptors (Lipinski definition) is 5. The molecule has 2 aromatic rings. The van der Waals surface area contributed by atoms with Gasteiger partial charge in [-0.2, -0.15) is 0 Å². The Kier molecular flexibility index (Phi) is 5.88. The normalized spacial score (nSPS) is 10.7. The molecule has 0 aliphatic rings. The van der Waals surface area contributed by atoms with Crippen LogP contribution in [0.4, 0.5) is 0 Å². The van der Waals surface area contributed by atoms with E-state index in [0.29, 0.717) is 13.2 Å². The smallest absolute Gasteiger partial charge is 0.191 e. The van der Waals surface area contributed by atoms with Gasteiger partial charge in [0.25, 0.3) is 0 Å². The maximum absolute atomic E-state index is 5.68. The Bertz CT molecular complexity index is 513. The minimum absolute atomic E-state index is 0.644. The zero-order chi connectivity index (χ0) is 14.2. The number of hydrogen-bond donors (Lipinski definition) is 0. The molecule has 0 aliphatic heterocycles. The average Bonchev–Trinajstić information content (AvgIpc) is 2.91. The Morgan fingerprint density at radius 1 is 1.20 bits per heavy atom. The van der Waals surface area contributed by atoms with Crippen LogP contribution in [0.25, 0.3) is 0 Å². The minimum atomic E-state index is 0.644. The molecule has 2 rings (SSSR count). The summed E-state index contributed by atoms with van der Waals surface area (Å²) in [6, 6.07) is 8.07. The molecule has 0 fully saturated rings. The summed E-state index contributed by atoms with van der Waals surface area (Å²) >= 11 is 1.64. The van der Waals surface area contributed by atoms with Crippen molar-refractivity contribution in [2.75, 3.05) is 26.1 Å². The van der Waals surface area contributed by atoms with E-state index in [0.717, 1.165) is 23.2 Å². The Hall–Kier alpha value is -1.53.